The molecule has 0 atom stereocenters. The lowest BCUT2D eigenvalue weighted by molar-refractivity contribution is 0.579. The van der Waals surface area contributed by atoms with Crippen molar-refractivity contribution >= 4 is 12.4 Å². The zero-order chi connectivity index (χ0) is 13.0. The Morgan fingerprint density at radius 2 is 1.89 bits per heavy atom. The fourth-order valence-electron chi connectivity index (χ4n) is 2.00. The molecule has 0 aromatic carbocycles. The number of nitrogens with zero attached hydrogens (tertiary/aromatic N) is 4. The number of halogens is 1. The Kier molecular flexibility index (Phi) is 6.05. The molecule has 0 fully saturated rings. The van der Waals surface area contributed by atoms with Gasteiger partial charge in [0, 0.05) is 37.9 Å². The Hall–Kier alpha value is -1.33. The van der Waals surface area contributed by atoms with E-state index in [0.29, 0.717) is 0 Å². The highest BCUT2D eigenvalue weighted by atomic mass is 35.5. The highest BCUT2D eigenvalue weighted by Crippen LogP contribution is 2.07. The molecule has 0 saturated heterocycles. The molecule has 6 heteroatoms. The van der Waals surface area contributed by atoms with E-state index < -0.39 is 0 Å². The third-order valence-corrected chi connectivity index (χ3v) is 3.09. The summed E-state index contributed by atoms with van der Waals surface area (Å²) in [7, 11) is 0. The smallest absolute Gasteiger partial charge is 0.0551 e. The standard InChI is InChI=1S/C13H21N5.ClH/c1-4-17-10-12(8-15-17)7-14-9-13-11(3)6-16-18(13)5-2;/h6,8,10,14H,4-5,7,9H2,1-3H3;1H. The van der Waals surface area contributed by atoms with Crippen LogP contribution >= 0.6 is 12.4 Å². The van der Waals surface area contributed by atoms with E-state index in [0.717, 1.165) is 26.2 Å². The molecule has 2 aromatic heterocycles. The predicted molar refractivity (Wildman–Crippen MR) is 78.3 cm³/mol. The minimum atomic E-state index is 0. The Bertz CT molecular complexity index is 503. The molecule has 2 aromatic rings. The molecule has 0 aliphatic heterocycles. The van der Waals surface area contributed by atoms with Gasteiger partial charge in [-0.3, -0.25) is 9.36 Å². The Morgan fingerprint density at radius 1 is 1.11 bits per heavy atom. The van der Waals surface area contributed by atoms with Crippen molar-refractivity contribution in [3.8, 4) is 0 Å². The maximum absolute atomic E-state index is 4.34. The summed E-state index contributed by atoms with van der Waals surface area (Å²) >= 11 is 0. The summed E-state index contributed by atoms with van der Waals surface area (Å²) in [5.74, 6) is 0. The van der Waals surface area contributed by atoms with Crippen molar-refractivity contribution in [1.82, 2.24) is 24.9 Å². The highest BCUT2D eigenvalue weighted by molar-refractivity contribution is 5.85. The van der Waals surface area contributed by atoms with Gasteiger partial charge in [-0.2, -0.15) is 10.2 Å². The maximum atomic E-state index is 4.34. The van der Waals surface area contributed by atoms with Crippen LogP contribution in [0.25, 0.3) is 0 Å². The summed E-state index contributed by atoms with van der Waals surface area (Å²) < 4.78 is 3.98. The van der Waals surface area contributed by atoms with Gasteiger partial charge in [-0.05, 0) is 26.3 Å². The topological polar surface area (TPSA) is 47.7 Å². The van der Waals surface area contributed by atoms with Crippen LogP contribution in [0.1, 0.15) is 30.7 Å². The van der Waals surface area contributed by atoms with Crippen molar-refractivity contribution in [3.05, 3.63) is 35.4 Å². The molecule has 0 spiro atoms. The Balaban J connectivity index is 0.00000180. The fourth-order valence-corrected chi connectivity index (χ4v) is 2.00. The molecule has 2 heterocycles. The maximum Gasteiger partial charge on any atom is 0.0551 e. The molecule has 0 unspecified atom stereocenters. The number of hydrogen-bond donors (Lipinski definition) is 1. The third-order valence-electron chi connectivity index (χ3n) is 3.09. The molecular formula is C13H22ClN5. The summed E-state index contributed by atoms with van der Waals surface area (Å²) in [6.07, 6.45) is 5.92. The predicted octanol–water partition coefficient (Wildman–Crippen LogP) is 2.14. The van der Waals surface area contributed by atoms with Gasteiger partial charge in [0.2, 0.25) is 0 Å². The van der Waals surface area contributed by atoms with Crippen molar-refractivity contribution in [2.45, 2.75) is 47.0 Å². The van der Waals surface area contributed by atoms with E-state index in [1.807, 2.05) is 21.8 Å². The van der Waals surface area contributed by atoms with Crippen LogP contribution in [-0.4, -0.2) is 19.6 Å². The van der Waals surface area contributed by atoms with Crippen LogP contribution < -0.4 is 5.32 Å². The summed E-state index contributed by atoms with van der Waals surface area (Å²) in [5.41, 5.74) is 3.73. The molecule has 106 valence electrons. The van der Waals surface area contributed by atoms with Gasteiger partial charge in [-0.1, -0.05) is 0 Å². The number of hydrogen-bond acceptors (Lipinski definition) is 3. The van der Waals surface area contributed by atoms with Crippen LogP contribution in [0.15, 0.2) is 18.6 Å². The lowest BCUT2D eigenvalue weighted by atomic mass is 10.2. The van der Waals surface area contributed by atoms with Crippen molar-refractivity contribution in [2.75, 3.05) is 0 Å². The van der Waals surface area contributed by atoms with Gasteiger partial charge in [0.05, 0.1) is 18.1 Å². The number of nitrogens with one attached hydrogen (secondary N) is 1. The molecule has 0 aliphatic carbocycles. The number of rotatable bonds is 6. The Morgan fingerprint density at radius 3 is 2.53 bits per heavy atom. The molecule has 5 nitrogen and oxygen atoms in total. The van der Waals surface area contributed by atoms with E-state index >= 15 is 0 Å². The first-order chi connectivity index (χ1) is 8.74. The molecule has 1 N–H and O–H groups in total. The molecule has 2 rings (SSSR count). The van der Waals surface area contributed by atoms with Gasteiger partial charge in [0.25, 0.3) is 0 Å². The van der Waals surface area contributed by atoms with Crippen LogP contribution in [0.5, 0.6) is 0 Å². The van der Waals surface area contributed by atoms with Crippen molar-refractivity contribution in [1.29, 1.82) is 0 Å². The van der Waals surface area contributed by atoms with Crippen LogP contribution in [0.3, 0.4) is 0 Å². The summed E-state index contributed by atoms with van der Waals surface area (Å²) in [5, 5.41) is 12.0. The first kappa shape index (κ1) is 15.7. The second kappa shape index (κ2) is 7.31. The third kappa shape index (κ3) is 3.81. The normalized spacial score (nSPS) is 10.5. The van der Waals surface area contributed by atoms with E-state index in [1.54, 1.807) is 0 Å². The van der Waals surface area contributed by atoms with E-state index in [-0.39, 0.29) is 12.4 Å². The van der Waals surface area contributed by atoms with Gasteiger partial charge in [0.1, 0.15) is 0 Å². The van der Waals surface area contributed by atoms with Gasteiger partial charge < -0.3 is 5.32 Å². The van der Waals surface area contributed by atoms with Crippen LogP contribution in [-0.2, 0) is 26.2 Å². The zero-order valence-corrected chi connectivity index (χ0v) is 12.6. The van der Waals surface area contributed by atoms with Crippen LogP contribution in [0.4, 0.5) is 0 Å². The number of aromatic nitrogens is 4. The van der Waals surface area contributed by atoms with Crippen molar-refractivity contribution < 1.29 is 0 Å². The largest absolute Gasteiger partial charge is 0.307 e. The van der Waals surface area contributed by atoms with Crippen molar-refractivity contribution in [2.24, 2.45) is 0 Å². The molecule has 0 saturated carbocycles. The second-order valence-corrected chi connectivity index (χ2v) is 4.40. The molecule has 0 aliphatic rings. The lowest BCUT2D eigenvalue weighted by Gasteiger charge is -2.07. The van der Waals surface area contributed by atoms with Gasteiger partial charge >= 0.3 is 0 Å². The fraction of sp³-hybridized carbons (Fsp3) is 0.538. The quantitative estimate of drug-likeness (QED) is 0.884. The molecule has 0 bridgehead atoms. The molecular weight excluding hydrogens is 262 g/mol. The monoisotopic (exact) mass is 283 g/mol. The van der Waals surface area contributed by atoms with Gasteiger partial charge in [0.15, 0.2) is 0 Å². The van der Waals surface area contributed by atoms with Gasteiger partial charge in [-0.15, -0.1) is 12.4 Å². The summed E-state index contributed by atoms with van der Waals surface area (Å²) in [6.45, 7) is 9.82. The highest BCUT2D eigenvalue weighted by Gasteiger charge is 2.05. The number of aryl methyl sites for hydroxylation is 3. The first-order valence-corrected chi connectivity index (χ1v) is 6.48. The van der Waals surface area contributed by atoms with E-state index in [9.17, 15) is 0 Å². The molecule has 0 radical (unpaired) electrons. The minimum absolute atomic E-state index is 0. The van der Waals surface area contributed by atoms with E-state index in [4.69, 9.17) is 0 Å². The van der Waals surface area contributed by atoms with Gasteiger partial charge in [-0.25, -0.2) is 0 Å². The first-order valence-electron chi connectivity index (χ1n) is 6.48. The van der Waals surface area contributed by atoms with E-state index in [2.05, 4.69) is 42.5 Å². The molecule has 19 heavy (non-hydrogen) atoms. The summed E-state index contributed by atoms with van der Waals surface area (Å²) in [4.78, 5) is 0. The van der Waals surface area contributed by atoms with Crippen LogP contribution in [0.2, 0.25) is 0 Å². The minimum Gasteiger partial charge on any atom is -0.307 e. The average molecular weight is 284 g/mol. The molecule has 0 amide bonds. The second-order valence-electron chi connectivity index (χ2n) is 4.40. The zero-order valence-electron chi connectivity index (χ0n) is 11.8. The van der Waals surface area contributed by atoms with Crippen molar-refractivity contribution in [3.63, 3.8) is 0 Å². The summed E-state index contributed by atoms with van der Waals surface area (Å²) in [6, 6.07) is 0. The average Bonchev–Trinajstić information content (AvgIpc) is 2.97. The lowest BCUT2D eigenvalue weighted by Crippen LogP contribution is -2.16. The van der Waals surface area contributed by atoms with Crippen LogP contribution in [0, 0.1) is 6.92 Å². The Labute approximate surface area is 120 Å². The SMILES string of the molecule is CCn1cc(CNCc2c(C)cnn2CC)cn1.Cl. The van der Waals surface area contributed by atoms with E-state index in [1.165, 1.54) is 16.8 Å².